The van der Waals surface area contributed by atoms with Crippen LogP contribution < -0.4 is 5.32 Å². The van der Waals surface area contributed by atoms with Crippen molar-refractivity contribution in [2.24, 2.45) is 5.41 Å². The van der Waals surface area contributed by atoms with Crippen LogP contribution >= 0.6 is 22.9 Å². The average Bonchev–Trinajstić information content (AvgIpc) is 2.95. The van der Waals surface area contributed by atoms with Gasteiger partial charge < -0.3 is 15.2 Å². The molecule has 1 aliphatic rings. The molecule has 1 fully saturated rings. The number of carbonyl (C=O) groups is 2. The van der Waals surface area contributed by atoms with E-state index in [1.165, 1.54) is 17.4 Å². The van der Waals surface area contributed by atoms with Crippen molar-refractivity contribution in [2.45, 2.75) is 13.0 Å². The molecule has 0 bridgehead atoms. The molecule has 1 aromatic heterocycles. The van der Waals surface area contributed by atoms with Crippen molar-refractivity contribution < 1.29 is 19.4 Å². The summed E-state index contributed by atoms with van der Waals surface area (Å²) in [6, 6.07) is 3.01. The minimum absolute atomic E-state index is 0.0948. The number of carbonyl (C=O) groups excluding carboxylic acids is 1. The zero-order valence-electron chi connectivity index (χ0n) is 10.8. The molecule has 2 rings (SSSR count). The van der Waals surface area contributed by atoms with Crippen molar-refractivity contribution >= 4 is 40.9 Å². The fourth-order valence-corrected chi connectivity index (χ4v) is 2.84. The molecule has 0 saturated carbocycles. The lowest BCUT2D eigenvalue weighted by Gasteiger charge is -2.24. The number of carboxylic acids is 1. The molecule has 5 nitrogen and oxygen atoms in total. The average molecular weight is 316 g/mol. The smallest absolute Gasteiger partial charge is 0.313 e. The molecule has 1 aliphatic heterocycles. The summed E-state index contributed by atoms with van der Waals surface area (Å²) in [5.74, 6) is -1.33. The summed E-state index contributed by atoms with van der Waals surface area (Å²) in [5, 5.41) is 11.9. The van der Waals surface area contributed by atoms with Crippen molar-refractivity contribution in [3.05, 3.63) is 27.4 Å². The Morgan fingerprint density at radius 3 is 2.95 bits per heavy atom. The molecule has 2 heterocycles. The number of amides is 1. The normalized spacial score (nSPS) is 26.0. The molecule has 2 N–H and O–H groups in total. The first-order chi connectivity index (χ1) is 9.41. The SMILES string of the molecule is CC1(C(=O)O)COCC1NC(=O)C=Cc1ccc(Cl)s1. The largest absolute Gasteiger partial charge is 0.481 e. The number of rotatable bonds is 4. The molecule has 20 heavy (non-hydrogen) atoms. The second kappa shape index (κ2) is 5.95. The minimum atomic E-state index is -1.09. The van der Waals surface area contributed by atoms with Crippen LogP contribution in [-0.4, -0.2) is 36.2 Å². The van der Waals surface area contributed by atoms with Crippen molar-refractivity contribution in [1.82, 2.24) is 5.32 Å². The first-order valence-electron chi connectivity index (χ1n) is 5.97. The predicted molar refractivity (Wildman–Crippen MR) is 76.9 cm³/mol. The number of carboxylic acid groups (broad SMARTS) is 1. The van der Waals surface area contributed by atoms with E-state index < -0.39 is 17.4 Å². The summed E-state index contributed by atoms with van der Waals surface area (Å²) in [6.07, 6.45) is 3.00. The zero-order valence-corrected chi connectivity index (χ0v) is 12.3. The first-order valence-corrected chi connectivity index (χ1v) is 7.16. The molecular weight excluding hydrogens is 302 g/mol. The van der Waals surface area contributed by atoms with Crippen LogP contribution in [0, 0.1) is 5.41 Å². The number of nitrogens with one attached hydrogen (secondary N) is 1. The highest BCUT2D eigenvalue weighted by Gasteiger charge is 2.47. The lowest BCUT2D eigenvalue weighted by molar-refractivity contribution is -0.148. The van der Waals surface area contributed by atoms with Crippen LogP contribution in [0.2, 0.25) is 4.34 Å². The summed E-state index contributed by atoms with van der Waals surface area (Å²) in [5.41, 5.74) is -1.09. The van der Waals surface area contributed by atoms with E-state index >= 15 is 0 Å². The second-order valence-electron chi connectivity index (χ2n) is 4.77. The first kappa shape index (κ1) is 15.0. The third-order valence-electron chi connectivity index (χ3n) is 3.25. The van der Waals surface area contributed by atoms with Gasteiger partial charge in [-0.05, 0) is 25.1 Å². The van der Waals surface area contributed by atoms with E-state index in [1.54, 1.807) is 25.1 Å². The van der Waals surface area contributed by atoms with E-state index in [1.807, 2.05) is 0 Å². The highest BCUT2D eigenvalue weighted by molar-refractivity contribution is 7.17. The third kappa shape index (κ3) is 3.20. The summed E-state index contributed by atoms with van der Waals surface area (Å²) >= 11 is 7.14. The van der Waals surface area contributed by atoms with Crippen LogP contribution in [0.25, 0.3) is 6.08 Å². The Hall–Kier alpha value is -1.37. The van der Waals surface area contributed by atoms with Gasteiger partial charge in [-0.15, -0.1) is 11.3 Å². The third-order valence-corrected chi connectivity index (χ3v) is 4.45. The Bertz CT molecular complexity index is 556. The van der Waals surface area contributed by atoms with Crippen LogP contribution in [0.1, 0.15) is 11.8 Å². The van der Waals surface area contributed by atoms with Crippen molar-refractivity contribution in [3.63, 3.8) is 0 Å². The van der Waals surface area contributed by atoms with Crippen LogP contribution in [-0.2, 0) is 14.3 Å². The van der Waals surface area contributed by atoms with Gasteiger partial charge in [-0.1, -0.05) is 11.6 Å². The second-order valence-corrected chi connectivity index (χ2v) is 6.52. The van der Waals surface area contributed by atoms with E-state index in [9.17, 15) is 14.7 Å². The number of aliphatic carboxylic acids is 1. The molecule has 108 valence electrons. The van der Waals surface area contributed by atoms with Gasteiger partial charge in [0.1, 0.15) is 5.41 Å². The maximum absolute atomic E-state index is 11.8. The Morgan fingerprint density at radius 2 is 2.35 bits per heavy atom. The predicted octanol–water partition coefficient (Wildman–Crippen LogP) is 2.02. The van der Waals surface area contributed by atoms with Crippen LogP contribution in [0.5, 0.6) is 0 Å². The molecule has 2 atom stereocenters. The summed E-state index contributed by atoms with van der Waals surface area (Å²) in [4.78, 5) is 23.9. The fourth-order valence-electron chi connectivity index (χ4n) is 1.88. The number of hydrogen-bond donors (Lipinski definition) is 2. The van der Waals surface area contributed by atoms with Gasteiger partial charge in [0, 0.05) is 11.0 Å². The molecule has 1 aromatic rings. The summed E-state index contributed by atoms with van der Waals surface area (Å²) in [7, 11) is 0. The number of hydrogen-bond acceptors (Lipinski definition) is 4. The minimum Gasteiger partial charge on any atom is -0.481 e. The van der Waals surface area contributed by atoms with Gasteiger partial charge in [0.15, 0.2) is 0 Å². The standard InChI is InChI=1S/C13H14ClNO4S/c1-13(12(17)18)7-19-6-9(13)15-11(16)5-3-8-2-4-10(14)20-8/h2-5,9H,6-7H2,1H3,(H,15,16)(H,17,18). The molecule has 1 amide bonds. The molecule has 7 heteroatoms. The topological polar surface area (TPSA) is 75.6 Å². The lowest BCUT2D eigenvalue weighted by atomic mass is 9.85. The Kier molecular flexibility index (Phi) is 4.47. The molecule has 0 aliphatic carbocycles. The Labute approximate surface area is 125 Å². The fraction of sp³-hybridized carbons (Fsp3) is 0.385. The molecule has 0 aromatic carbocycles. The van der Waals surface area contributed by atoms with Crippen LogP contribution in [0.3, 0.4) is 0 Å². The number of thiophene rings is 1. The molecule has 0 radical (unpaired) electrons. The lowest BCUT2D eigenvalue weighted by Crippen LogP contribution is -2.49. The highest BCUT2D eigenvalue weighted by atomic mass is 35.5. The molecular formula is C13H14ClNO4S. The maximum atomic E-state index is 11.8. The van der Waals surface area contributed by atoms with Gasteiger partial charge in [-0.3, -0.25) is 9.59 Å². The van der Waals surface area contributed by atoms with E-state index in [2.05, 4.69) is 5.32 Å². The molecule has 0 spiro atoms. The van der Waals surface area contributed by atoms with Gasteiger partial charge in [0.2, 0.25) is 5.91 Å². The molecule has 2 unspecified atom stereocenters. The van der Waals surface area contributed by atoms with E-state index in [0.29, 0.717) is 4.34 Å². The van der Waals surface area contributed by atoms with E-state index in [-0.39, 0.29) is 19.1 Å². The Morgan fingerprint density at radius 1 is 1.60 bits per heavy atom. The van der Waals surface area contributed by atoms with Crippen LogP contribution in [0.4, 0.5) is 0 Å². The van der Waals surface area contributed by atoms with E-state index in [0.717, 1.165) is 4.88 Å². The van der Waals surface area contributed by atoms with Crippen molar-refractivity contribution in [1.29, 1.82) is 0 Å². The van der Waals surface area contributed by atoms with Gasteiger partial charge >= 0.3 is 5.97 Å². The maximum Gasteiger partial charge on any atom is 0.313 e. The van der Waals surface area contributed by atoms with Gasteiger partial charge in [-0.2, -0.15) is 0 Å². The van der Waals surface area contributed by atoms with Crippen molar-refractivity contribution in [3.8, 4) is 0 Å². The quantitative estimate of drug-likeness (QED) is 0.834. The highest BCUT2D eigenvalue weighted by Crippen LogP contribution is 2.28. The van der Waals surface area contributed by atoms with Crippen molar-refractivity contribution in [2.75, 3.05) is 13.2 Å². The summed E-state index contributed by atoms with van der Waals surface area (Å²) < 4.78 is 5.81. The summed E-state index contributed by atoms with van der Waals surface area (Å²) in [6.45, 7) is 1.86. The number of halogens is 1. The van der Waals surface area contributed by atoms with Gasteiger partial charge in [0.05, 0.1) is 23.6 Å². The van der Waals surface area contributed by atoms with Crippen LogP contribution in [0.15, 0.2) is 18.2 Å². The Balaban J connectivity index is 1.98. The number of ether oxygens (including phenoxy) is 1. The molecule has 1 saturated heterocycles. The van der Waals surface area contributed by atoms with Gasteiger partial charge in [0.25, 0.3) is 0 Å². The zero-order chi connectivity index (χ0) is 14.8. The monoisotopic (exact) mass is 315 g/mol. The van der Waals surface area contributed by atoms with E-state index in [4.69, 9.17) is 16.3 Å². The van der Waals surface area contributed by atoms with Gasteiger partial charge in [-0.25, -0.2) is 0 Å².